The van der Waals surface area contributed by atoms with Gasteiger partial charge in [-0.15, -0.1) is 0 Å². The third kappa shape index (κ3) is 5.63. The van der Waals surface area contributed by atoms with Gasteiger partial charge in [0.1, 0.15) is 5.84 Å². The fourth-order valence-electron chi connectivity index (χ4n) is 7.29. The number of benzene rings is 1. The molecule has 6 rings (SSSR count). The molecular weight excluding hydrogens is 547 g/mol. The molecule has 3 aromatic heterocycles. The summed E-state index contributed by atoms with van der Waals surface area (Å²) in [6.07, 6.45) is 9.58. The van der Waals surface area contributed by atoms with Gasteiger partial charge < -0.3 is 26.0 Å². The molecule has 0 spiro atoms. The van der Waals surface area contributed by atoms with Crippen LogP contribution in [0, 0.1) is 23.6 Å². The Balaban J connectivity index is 1.47. The fourth-order valence-corrected chi connectivity index (χ4v) is 7.29. The number of hydrogen-bond donors (Lipinski definition) is 4. The summed E-state index contributed by atoms with van der Waals surface area (Å²) in [5.41, 5.74) is 11.0. The first-order valence-corrected chi connectivity index (χ1v) is 14.9. The van der Waals surface area contributed by atoms with Gasteiger partial charge in [0.05, 0.1) is 41.4 Å². The van der Waals surface area contributed by atoms with Gasteiger partial charge in [0, 0.05) is 41.7 Å². The summed E-state index contributed by atoms with van der Waals surface area (Å²) in [7, 11) is 1.58. The van der Waals surface area contributed by atoms with E-state index in [1.165, 1.54) is 12.1 Å². The zero-order chi connectivity index (χ0) is 30.5. The number of anilines is 1. The smallest absolute Gasteiger partial charge is 0.212 e. The first-order valence-electron chi connectivity index (χ1n) is 14.9. The minimum atomic E-state index is -0.755. The van der Waals surface area contributed by atoms with E-state index in [0.29, 0.717) is 41.0 Å². The molecule has 2 bridgehead atoms. The number of nitrogens with zero attached hydrogens (tertiary/aromatic N) is 4. The molecule has 4 aromatic rings. The van der Waals surface area contributed by atoms with Crippen LogP contribution in [0.3, 0.4) is 0 Å². The molecule has 2 saturated carbocycles. The number of fused-ring (bicyclic) bond motifs is 3. The number of rotatable bonds is 7. The third-order valence-corrected chi connectivity index (χ3v) is 9.17. The molecule has 5 atom stereocenters. The number of aliphatic imine (C=N–C) groups is 1. The minimum absolute atomic E-state index is 0.0964. The minimum Gasteiger partial charge on any atom is -0.505 e. The summed E-state index contributed by atoms with van der Waals surface area (Å²) in [6.45, 7) is 6.13. The van der Waals surface area contributed by atoms with E-state index in [-0.39, 0.29) is 17.8 Å². The number of phenols is 1. The highest BCUT2D eigenvalue weighted by Crippen LogP contribution is 2.48. The number of aliphatic hydroxyl groups is 1. The SMILES string of the molecule is CCc1cc(O)c(F)cc1N=C(N)c1cnn2cc(-c3ccc(OC)nc3)cc2c1NC1C(C)CC2CC1CC(C)(O)C2. The number of ether oxygens (including phenoxy) is 1. The molecule has 2 fully saturated rings. The van der Waals surface area contributed by atoms with Gasteiger partial charge in [-0.3, -0.25) is 0 Å². The van der Waals surface area contributed by atoms with Crippen molar-refractivity contribution in [2.24, 2.45) is 28.5 Å². The molecule has 0 amide bonds. The Morgan fingerprint density at radius 3 is 2.74 bits per heavy atom. The number of phenolic OH excluding ortho intramolecular Hbond substituents is 1. The van der Waals surface area contributed by atoms with E-state index in [9.17, 15) is 14.6 Å². The second-order valence-corrected chi connectivity index (χ2v) is 12.5. The quantitative estimate of drug-likeness (QED) is 0.158. The fraction of sp³-hybridized carbons (Fsp3) is 0.424. The number of aromatic nitrogens is 3. The summed E-state index contributed by atoms with van der Waals surface area (Å²) in [4.78, 5) is 9.00. The molecule has 9 nitrogen and oxygen atoms in total. The molecule has 3 heterocycles. The van der Waals surface area contributed by atoms with E-state index in [1.807, 2.05) is 42.8 Å². The van der Waals surface area contributed by atoms with E-state index in [4.69, 9.17) is 10.5 Å². The second-order valence-electron chi connectivity index (χ2n) is 12.5. The lowest BCUT2D eigenvalue weighted by atomic mass is 9.61. The van der Waals surface area contributed by atoms with Gasteiger partial charge >= 0.3 is 0 Å². The van der Waals surface area contributed by atoms with E-state index in [0.717, 1.165) is 48.0 Å². The molecule has 43 heavy (non-hydrogen) atoms. The lowest BCUT2D eigenvalue weighted by Crippen LogP contribution is -2.50. The number of aromatic hydroxyl groups is 1. The van der Waals surface area contributed by atoms with E-state index < -0.39 is 17.2 Å². The molecule has 5 unspecified atom stereocenters. The van der Waals surface area contributed by atoms with Crippen molar-refractivity contribution >= 4 is 22.7 Å². The molecular formula is C33H39FN6O3. The normalized spacial score (nSPS) is 25.6. The van der Waals surface area contributed by atoms with Gasteiger partial charge in [0.15, 0.2) is 11.6 Å². The van der Waals surface area contributed by atoms with Gasteiger partial charge in [-0.2, -0.15) is 5.10 Å². The van der Waals surface area contributed by atoms with Crippen molar-refractivity contribution in [2.75, 3.05) is 12.4 Å². The van der Waals surface area contributed by atoms with Crippen LogP contribution in [0.25, 0.3) is 16.6 Å². The number of methoxy groups -OCH3 is 1. The zero-order valence-electron chi connectivity index (χ0n) is 25.0. The predicted octanol–water partition coefficient (Wildman–Crippen LogP) is 5.84. The number of amidine groups is 1. The van der Waals surface area contributed by atoms with Crippen LogP contribution in [0.2, 0.25) is 0 Å². The maximum absolute atomic E-state index is 14.4. The average molecular weight is 587 g/mol. The van der Waals surface area contributed by atoms with Gasteiger partial charge in [0.25, 0.3) is 0 Å². The first-order chi connectivity index (χ1) is 20.5. The van der Waals surface area contributed by atoms with Gasteiger partial charge in [-0.1, -0.05) is 13.8 Å². The molecule has 2 aliphatic rings. The Kier molecular flexibility index (Phi) is 7.50. The van der Waals surface area contributed by atoms with Gasteiger partial charge in [-0.25, -0.2) is 18.9 Å². The molecule has 5 N–H and O–H groups in total. The van der Waals surface area contributed by atoms with Gasteiger partial charge in [0.2, 0.25) is 5.88 Å². The van der Waals surface area contributed by atoms with Crippen LogP contribution in [-0.2, 0) is 6.42 Å². The number of halogens is 1. The summed E-state index contributed by atoms with van der Waals surface area (Å²) < 4.78 is 21.4. The van der Waals surface area contributed by atoms with Crippen LogP contribution in [0.5, 0.6) is 11.6 Å². The summed E-state index contributed by atoms with van der Waals surface area (Å²) in [5, 5.41) is 29.5. The Morgan fingerprint density at radius 1 is 1.21 bits per heavy atom. The standard InChI is InChI=1S/C33H39FN6O3/c1-5-20-11-28(41)25(34)12-26(20)38-32(35)24-16-37-40-17-23(21-6-7-29(43-4)36-15-21)10-27(40)31(24)39-30-18(2)8-19-9-22(30)14-33(3,42)13-19/h6-7,10-12,15-19,22,30,39,41-42H,5,8-9,13-14H2,1-4H3,(H2,35,38). The summed E-state index contributed by atoms with van der Waals surface area (Å²) >= 11 is 0. The second kappa shape index (κ2) is 11.1. The van der Waals surface area contributed by atoms with E-state index in [1.54, 1.807) is 19.5 Å². The molecule has 0 saturated heterocycles. The summed E-state index contributed by atoms with van der Waals surface area (Å²) in [5.74, 6) is 0.709. The predicted molar refractivity (Wildman–Crippen MR) is 165 cm³/mol. The van der Waals surface area contributed by atoms with Crippen molar-refractivity contribution in [3.63, 3.8) is 0 Å². The van der Waals surface area contributed by atoms with Crippen LogP contribution in [0.4, 0.5) is 15.8 Å². The van der Waals surface area contributed by atoms with E-state index >= 15 is 0 Å². The molecule has 0 radical (unpaired) electrons. The first kappa shape index (κ1) is 28.9. The number of nitrogens with one attached hydrogen (secondary N) is 1. The highest BCUT2D eigenvalue weighted by molar-refractivity contribution is 6.06. The molecule has 1 aromatic carbocycles. The zero-order valence-corrected chi connectivity index (χ0v) is 25.0. The van der Waals surface area contributed by atoms with Crippen molar-refractivity contribution in [1.82, 2.24) is 14.6 Å². The lowest BCUT2D eigenvalue weighted by molar-refractivity contribution is -0.0501. The van der Waals surface area contributed by atoms with Crippen LogP contribution < -0.4 is 15.8 Å². The Bertz CT molecular complexity index is 1680. The monoisotopic (exact) mass is 586 g/mol. The van der Waals surface area contributed by atoms with Crippen LogP contribution >= 0.6 is 0 Å². The largest absolute Gasteiger partial charge is 0.505 e. The third-order valence-electron chi connectivity index (χ3n) is 9.17. The molecule has 2 aliphatic carbocycles. The number of pyridine rings is 1. The van der Waals surface area contributed by atoms with Gasteiger partial charge in [-0.05, 0) is 80.5 Å². The van der Waals surface area contributed by atoms with Crippen molar-refractivity contribution < 1.29 is 19.3 Å². The lowest BCUT2D eigenvalue weighted by Gasteiger charge is -2.49. The van der Waals surface area contributed by atoms with Crippen LogP contribution in [-0.4, -0.2) is 49.4 Å². The number of hydrogen-bond acceptors (Lipinski definition) is 7. The van der Waals surface area contributed by atoms with E-state index in [2.05, 4.69) is 27.3 Å². The van der Waals surface area contributed by atoms with Crippen molar-refractivity contribution in [3.8, 4) is 22.8 Å². The average Bonchev–Trinajstić information content (AvgIpc) is 3.41. The van der Waals surface area contributed by atoms with Crippen molar-refractivity contribution in [1.29, 1.82) is 0 Å². The molecule has 10 heteroatoms. The topological polar surface area (TPSA) is 130 Å². The number of aryl methyl sites for hydroxylation is 1. The maximum atomic E-state index is 14.4. The Morgan fingerprint density at radius 2 is 2.02 bits per heavy atom. The van der Waals surface area contributed by atoms with Crippen molar-refractivity contribution in [2.45, 2.75) is 64.5 Å². The Labute approximate surface area is 250 Å². The summed E-state index contributed by atoms with van der Waals surface area (Å²) in [6, 6.07) is 8.50. The molecule has 0 aliphatic heterocycles. The van der Waals surface area contributed by atoms with Crippen LogP contribution in [0.1, 0.15) is 57.6 Å². The highest BCUT2D eigenvalue weighted by Gasteiger charge is 2.45. The van der Waals surface area contributed by atoms with Crippen molar-refractivity contribution in [3.05, 3.63) is 65.9 Å². The number of nitrogens with two attached hydrogens (primary N) is 1. The highest BCUT2D eigenvalue weighted by atomic mass is 19.1. The molecule has 226 valence electrons. The van der Waals surface area contributed by atoms with Crippen LogP contribution in [0.15, 0.2) is 53.9 Å². The Hall–Kier alpha value is -4.18. The maximum Gasteiger partial charge on any atom is 0.212 e.